The molecule has 1 amide bonds. The summed E-state index contributed by atoms with van der Waals surface area (Å²) in [6.45, 7) is 11.7. The minimum atomic E-state index is -1.18. The predicted molar refractivity (Wildman–Crippen MR) is 133 cm³/mol. The number of hydrogen-bond acceptors (Lipinski definition) is 5. The van der Waals surface area contributed by atoms with Crippen LogP contribution in [0.4, 0.5) is 5.69 Å². The molecule has 3 rings (SSSR count). The van der Waals surface area contributed by atoms with E-state index in [4.69, 9.17) is 9.84 Å². The average Bonchev–Trinajstić information content (AvgIpc) is 3.00. The standard InChI is InChI=1S/C26H33NO6S/c1-15-21(33-13-20(29)30)23(24(31)32)34-22(15)17-8-7-9-18(10-17)27(16(2)28)19-11-25(3,4)14-26(5,6)12-19/h7-10,19H,11-14H2,1-6H3,(H,29,30)(H,31,32). The number of carbonyl (C=O) groups is 3. The summed E-state index contributed by atoms with van der Waals surface area (Å²) in [6.07, 6.45) is 2.89. The molecule has 8 heteroatoms. The van der Waals surface area contributed by atoms with Gasteiger partial charge in [0.15, 0.2) is 11.5 Å². The second-order valence-electron chi connectivity index (χ2n) is 10.7. The first kappa shape index (κ1) is 25.7. The molecule has 1 saturated carbocycles. The van der Waals surface area contributed by atoms with Gasteiger partial charge >= 0.3 is 11.9 Å². The van der Waals surface area contributed by atoms with Crippen LogP contribution in [0.3, 0.4) is 0 Å². The number of carboxylic acids is 2. The molecule has 184 valence electrons. The summed E-state index contributed by atoms with van der Waals surface area (Å²) < 4.78 is 5.32. The Labute approximate surface area is 204 Å². The molecule has 1 fully saturated rings. The van der Waals surface area contributed by atoms with Gasteiger partial charge in [-0.05, 0) is 54.7 Å². The number of rotatable bonds is 7. The lowest BCUT2D eigenvalue weighted by Crippen LogP contribution is -2.48. The van der Waals surface area contributed by atoms with Crippen LogP contribution in [0.25, 0.3) is 10.4 Å². The molecular weight excluding hydrogens is 454 g/mol. The van der Waals surface area contributed by atoms with E-state index in [0.29, 0.717) is 10.4 Å². The van der Waals surface area contributed by atoms with Crippen LogP contribution >= 0.6 is 11.3 Å². The van der Waals surface area contributed by atoms with E-state index >= 15 is 0 Å². The molecule has 1 aliphatic carbocycles. The summed E-state index contributed by atoms with van der Waals surface area (Å²) in [5.41, 5.74) is 2.30. The van der Waals surface area contributed by atoms with Crippen molar-refractivity contribution in [2.24, 2.45) is 10.8 Å². The van der Waals surface area contributed by atoms with Crippen LogP contribution in [0.5, 0.6) is 5.75 Å². The molecule has 0 saturated heterocycles. The van der Waals surface area contributed by atoms with Crippen LogP contribution in [0.15, 0.2) is 24.3 Å². The maximum Gasteiger partial charge on any atom is 0.349 e. The summed E-state index contributed by atoms with van der Waals surface area (Å²) in [4.78, 5) is 38.1. The van der Waals surface area contributed by atoms with Crippen molar-refractivity contribution in [3.8, 4) is 16.2 Å². The lowest BCUT2D eigenvalue weighted by Gasteiger charge is -2.48. The highest BCUT2D eigenvalue weighted by molar-refractivity contribution is 7.18. The zero-order chi connectivity index (χ0) is 25.4. The second-order valence-corrected chi connectivity index (χ2v) is 11.7. The van der Waals surface area contributed by atoms with E-state index in [1.807, 2.05) is 29.2 Å². The third kappa shape index (κ3) is 5.60. The lowest BCUT2D eigenvalue weighted by atomic mass is 9.63. The van der Waals surface area contributed by atoms with E-state index in [0.717, 1.165) is 41.9 Å². The van der Waals surface area contributed by atoms with Crippen LogP contribution < -0.4 is 9.64 Å². The smallest absolute Gasteiger partial charge is 0.349 e. The van der Waals surface area contributed by atoms with Crippen molar-refractivity contribution in [1.82, 2.24) is 0 Å². The molecule has 1 aromatic heterocycles. The van der Waals surface area contributed by atoms with Gasteiger partial charge < -0.3 is 19.8 Å². The number of carbonyl (C=O) groups excluding carboxylic acids is 1. The van der Waals surface area contributed by atoms with Gasteiger partial charge in [0, 0.05) is 29.1 Å². The SMILES string of the molecule is CC(=O)N(c1cccc(-c2sc(C(=O)O)c(OCC(=O)O)c2C)c1)C1CC(C)(C)CC(C)(C)C1. The van der Waals surface area contributed by atoms with Crippen LogP contribution in [-0.4, -0.2) is 40.7 Å². The number of nitrogens with zero attached hydrogens (tertiary/aromatic N) is 1. The Morgan fingerprint density at radius 2 is 1.74 bits per heavy atom. The van der Waals surface area contributed by atoms with Crippen molar-refractivity contribution in [3.05, 3.63) is 34.7 Å². The maximum atomic E-state index is 12.9. The number of anilines is 1. The van der Waals surface area contributed by atoms with Gasteiger partial charge in [-0.1, -0.05) is 39.8 Å². The van der Waals surface area contributed by atoms with E-state index in [2.05, 4.69) is 27.7 Å². The highest BCUT2D eigenvalue weighted by Gasteiger charge is 2.41. The molecule has 0 bridgehead atoms. The average molecular weight is 488 g/mol. The summed E-state index contributed by atoms with van der Waals surface area (Å²) in [6, 6.07) is 7.59. The first-order chi connectivity index (χ1) is 15.7. The topological polar surface area (TPSA) is 104 Å². The number of carboxylic acid groups (broad SMARTS) is 2. The van der Waals surface area contributed by atoms with Gasteiger partial charge in [-0.15, -0.1) is 11.3 Å². The maximum absolute atomic E-state index is 12.9. The predicted octanol–water partition coefficient (Wildman–Crippen LogP) is 5.84. The second kappa shape index (κ2) is 9.41. The Kier molecular flexibility index (Phi) is 7.12. The third-order valence-corrected chi connectivity index (χ3v) is 7.56. The number of aliphatic carboxylic acids is 1. The fourth-order valence-electron chi connectivity index (χ4n) is 5.64. The Morgan fingerprint density at radius 1 is 1.12 bits per heavy atom. The fraction of sp³-hybridized carbons (Fsp3) is 0.500. The fourth-order valence-corrected chi connectivity index (χ4v) is 6.73. The van der Waals surface area contributed by atoms with Crippen molar-refractivity contribution in [2.45, 2.75) is 66.8 Å². The number of benzene rings is 1. The molecule has 0 unspecified atom stereocenters. The number of amides is 1. The van der Waals surface area contributed by atoms with Crippen LogP contribution in [0, 0.1) is 17.8 Å². The van der Waals surface area contributed by atoms with E-state index in [1.165, 1.54) is 0 Å². The van der Waals surface area contributed by atoms with Crippen molar-refractivity contribution < 1.29 is 29.3 Å². The van der Waals surface area contributed by atoms with Crippen molar-refractivity contribution >= 4 is 34.9 Å². The van der Waals surface area contributed by atoms with Gasteiger partial charge in [-0.3, -0.25) is 4.79 Å². The van der Waals surface area contributed by atoms with Gasteiger partial charge in [0.1, 0.15) is 5.75 Å². The summed E-state index contributed by atoms with van der Waals surface area (Å²) in [5, 5.41) is 18.6. The molecule has 0 spiro atoms. The zero-order valence-electron chi connectivity index (χ0n) is 20.6. The summed E-state index contributed by atoms with van der Waals surface area (Å²) >= 11 is 1.04. The molecule has 7 nitrogen and oxygen atoms in total. The van der Waals surface area contributed by atoms with E-state index < -0.39 is 18.5 Å². The third-order valence-electron chi connectivity index (χ3n) is 6.25. The lowest BCUT2D eigenvalue weighted by molar-refractivity contribution is -0.139. The van der Waals surface area contributed by atoms with E-state index in [9.17, 15) is 19.5 Å². The van der Waals surface area contributed by atoms with E-state index in [1.54, 1.807) is 13.8 Å². The molecule has 0 radical (unpaired) electrons. The Morgan fingerprint density at radius 3 is 2.26 bits per heavy atom. The number of ether oxygens (including phenoxy) is 1. The number of thiophene rings is 1. The minimum absolute atomic E-state index is 0.0322. The molecular formula is C26H33NO6S. The van der Waals surface area contributed by atoms with Crippen molar-refractivity contribution in [1.29, 1.82) is 0 Å². The highest BCUT2D eigenvalue weighted by atomic mass is 32.1. The molecule has 1 aliphatic rings. The summed E-state index contributed by atoms with van der Waals surface area (Å²) in [7, 11) is 0. The quantitative estimate of drug-likeness (QED) is 0.508. The Hall–Kier alpha value is -2.87. The largest absolute Gasteiger partial charge is 0.480 e. The van der Waals surface area contributed by atoms with Gasteiger partial charge in [-0.25, -0.2) is 9.59 Å². The van der Waals surface area contributed by atoms with Gasteiger partial charge in [0.05, 0.1) is 0 Å². The van der Waals surface area contributed by atoms with E-state index in [-0.39, 0.29) is 33.4 Å². The number of hydrogen-bond donors (Lipinski definition) is 2. The van der Waals surface area contributed by atoms with Gasteiger partial charge in [-0.2, -0.15) is 0 Å². The van der Waals surface area contributed by atoms with Crippen LogP contribution in [0.2, 0.25) is 0 Å². The highest BCUT2D eigenvalue weighted by Crippen LogP contribution is 2.48. The van der Waals surface area contributed by atoms with Gasteiger partial charge in [0.25, 0.3) is 0 Å². The molecule has 2 aromatic rings. The molecule has 0 aliphatic heterocycles. The molecule has 34 heavy (non-hydrogen) atoms. The Bertz CT molecular complexity index is 1100. The molecule has 0 atom stereocenters. The minimum Gasteiger partial charge on any atom is -0.480 e. The van der Waals surface area contributed by atoms with Crippen LogP contribution in [-0.2, 0) is 9.59 Å². The number of aromatic carboxylic acids is 1. The first-order valence-corrected chi connectivity index (χ1v) is 12.1. The summed E-state index contributed by atoms with van der Waals surface area (Å²) in [5.74, 6) is -2.32. The monoisotopic (exact) mass is 487 g/mol. The van der Waals surface area contributed by atoms with Crippen LogP contribution in [0.1, 0.15) is 69.1 Å². The Balaban J connectivity index is 2.04. The normalized spacial score (nSPS) is 17.2. The molecule has 2 N–H and O–H groups in total. The zero-order valence-corrected chi connectivity index (χ0v) is 21.4. The first-order valence-electron chi connectivity index (χ1n) is 11.3. The molecule has 1 aromatic carbocycles. The van der Waals surface area contributed by atoms with Gasteiger partial charge in [0.2, 0.25) is 5.91 Å². The molecule has 1 heterocycles. The van der Waals surface area contributed by atoms with Crippen molar-refractivity contribution in [3.63, 3.8) is 0 Å². The van der Waals surface area contributed by atoms with Crippen molar-refractivity contribution in [2.75, 3.05) is 11.5 Å².